The first-order valence-corrected chi connectivity index (χ1v) is 2.68. The molecular weight excluding hydrogens is 118 g/mol. The SMILES string of the molecule is C/C=C1\N=C(C)C(=O)O1. The molecule has 48 valence electrons. The normalized spacial score (nSPS) is 22.2. The summed E-state index contributed by atoms with van der Waals surface area (Å²) in [6.07, 6.45) is 1.65. The Morgan fingerprint density at radius 2 is 2.33 bits per heavy atom. The first kappa shape index (κ1) is 6.01. The first-order valence-electron chi connectivity index (χ1n) is 2.68. The number of rotatable bonds is 0. The van der Waals surface area contributed by atoms with Gasteiger partial charge in [-0.15, -0.1) is 0 Å². The summed E-state index contributed by atoms with van der Waals surface area (Å²) in [7, 11) is 0. The Hall–Kier alpha value is -1.12. The summed E-state index contributed by atoms with van der Waals surface area (Å²) in [6, 6.07) is 0. The number of aliphatic imine (C=N–C) groups is 1. The van der Waals surface area contributed by atoms with Crippen molar-refractivity contribution in [1.82, 2.24) is 0 Å². The molecule has 0 amide bonds. The molecule has 1 aliphatic heterocycles. The first-order chi connectivity index (χ1) is 4.24. The van der Waals surface area contributed by atoms with Gasteiger partial charge in [-0.1, -0.05) is 0 Å². The van der Waals surface area contributed by atoms with Gasteiger partial charge in [-0.25, -0.2) is 9.79 Å². The summed E-state index contributed by atoms with van der Waals surface area (Å²) < 4.78 is 4.64. The van der Waals surface area contributed by atoms with E-state index in [2.05, 4.69) is 9.73 Å². The Bertz CT molecular complexity index is 203. The van der Waals surface area contributed by atoms with Crippen molar-refractivity contribution in [2.24, 2.45) is 4.99 Å². The molecule has 0 fully saturated rings. The Labute approximate surface area is 53.0 Å². The van der Waals surface area contributed by atoms with Crippen LogP contribution in [-0.4, -0.2) is 11.7 Å². The fourth-order valence-corrected chi connectivity index (χ4v) is 0.526. The molecule has 1 heterocycles. The Morgan fingerprint density at radius 3 is 2.56 bits per heavy atom. The van der Waals surface area contributed by atoms with Gasteiger partial charge in [0.05, 0.1) is 0 Å². The van der Waals surface area contributed by atoms with Crippen molar-refractivity contribution >= 4 is 11.7 Å². The number of allylic oxidation sites excluding steroid dienone is 1. The molecule has 3 nitrogen and oxygen atoms in total. The lowest BCUT2D eigenvalue weighted by Gasteiger charge is -1.87. The van der Waals surface area contributed by atoms with Gasteiger partial charge in [0.1, 0.15) is 5.71 Å². The van der Waals surface area contributed by atoms with Gasteiger partial charge in [-0.3, -0.25) is 0 Å². The number of ether oxygens (including phenoxy) is 1. The number of cyclic esters (lactones) is 1. The van der Waals surface area contributed by atoms with Crippen LogP contribution in [-0.2, 0) is 9.53 Å². The molecule has 0 saturated carbocycles. The van der Waals surface area contributed by atoms with Crippen LogP contribution in [0.3, 0.4) is 0 Å². The van der Waals surface area contributed by atoms with E-state index in [1.807, 2.05) is 0 Å². The maximum absolute atomic E-state index is 10.5. The number of esters is 1. The lowest BCUT2D eigenvalue weighted by atomic mass is 10.5. The second-order valence-corrected chi connectivity index (χ2v) is 1.71. The highest BCUT2D eigenvalue weighted by atomic mass is 16.6. The lowest BCUT2D eigenvalue weighted by Crippen LogP contribution is -2.04. The Morgan fingerprint density at radius 1 is 1.67 bits per heavy atom. The highest BCUT2D eigenvalue weighted by Gasteiger charge is 2.17. The summed E-state index contributed by atoms with van der Waals surface area (Å²) in [4.78, 5) is 14.3. The minimum atomic E-state index is -0.344. The molecule has 0 aromatic carbocycles. The van der Waals surface area contributed by atoms with Crippen LogP contribution in [0.25, 0.3) is 0 Å². The van der Waals surface area contributed by atoms with E-state index in [0.29, 0.717) is 11.6 Å². The van der Waals surface area contributed by atoms with Crippen molar-refractivity contribution in [3.8, 4) is 0 Å². The van der Waals surface area contributed by atoms with Gasteiger partial charge in [0.25, 0.3) is 0 Å². The zero-order valence-electron chi connectivity index (χ0n) is 5.34. The van der Waals surface area contributed by atoms with Crippen molar-refractivity contribution in [3.63, 3.8) is 0 Å². The molecule has 9 heavy (non-hydrogen) atoms. The second kappa shape index (κ2) is 2.01. The molecule has 1 rings (SSSR count). The third-order valence-electron chi connectivity index (χ3n) is 1.02. The van der Waals surface area contributed by atoms with Crippen molar-refractivity contribution < 1.29 is 9.53 Å². The summed E-state index contributed by atoms with van der Waals surface area (Å²) in [5.41, 5.74) is 0.420. The predicted octanol–water partition coefficient (Wildman–Crippen LogP) is 0.865. The highest BCUT2D eigenvalue weighted by Crippen LogP contribution is 2.08. The average Bonchev–Trinajstić information content (AvgIpc) is 2.13. The molecule has 0 aliphatic carbocycles. The van der Waals surface area contributed by atoms with E-state index in [1.165, 1.54) is 0 Å². The Kier molecular flexibility index (Phi) is 1.34. The summed E-state index contributed by atoms with van der Waals surface area (Å²) in [5.74, 6) is 0.0561. The van der Waals surface area contributed by atoms with Crippen molar-refractivity contribution in [2.75, 3.05) is 0 Å². The van der Waals surface area contributed by atoms with Crippen LogP contribution in [0.4, 0.5) is 0 Å². The third kappa shape index (κ3) is 0.988. The van der Waals surface area contributed by atoms with Gasteiger partial charge in [-0.05, 0) is 19.9 Å². The van der Waals surface area contributed by atoms with Crippen molar-refractivity contribution in [2.45, 2.75) is 13.8 Å². The molecule has 0 unspecified atom stereocenters. The van der Waals surface area contributed by atoms with E-state index >= 15 is 0 Å². The van der Waals surface area contributed by atoms with Crippen LogP contribution in [0.5, 0.6) is 0 Å². The fraction of sp³-hybridized carbons (Fsp3) is 0.333. The van der Waals surface area contributed by atoms with E-state index < -0.39 is 0 Å². The van der Waals surface area contributed by atoms with E-state index in [1.54, 1.807) is 19.9 Å². The lowest BCUT2D eigenvalue weighted by molar-refractivity contribution is -0.130. The minimum absolute atomic E-state index is 0.344. The largest absolute Gasteiger partial charge is 0.403 e. The molecule has 0 N–H and O–H groups in total. The molecule has 0 aromatic rings. The molecular formula is C6H7NO2. The molecule has 1 aliphatic rings. The molecule has 0 radical (unpaired) electrons. The number of hydrogen-bond donors (Lipinski definition) is 0. The number of carbonyl (C=O) groups excluding carboxylic acids is 1. The monoisotopic (exact) mass is 125 g/mol. The van der Waals surface area contributed by atoms with Gasteiger partial charge in [0.15, 0.2) is 0 Å². The molecule has 3 heteroatoms. The predicted molar refractivity (Wildman–Crippen MR) is 33.0 cm³/mol. The molecule has 0 aromatic heterocycles. The Balaban J connectivity index is 2.86. The fourth-order valence-electron chi connectivity index (χ4n) is 0.526. The van der Waals surface area contributed by atoms with Gasteiger partial charge >= 0.3 is 5.97 Å². The van der Waals surface area contributed by atoms with Crippen LogP contribution in [0.15, 0.2) is 17.0 Å². The van der Waals surface area contributed by atoms with E-state index in [0.717, 1.165) is 0 Å². The minimum Gasteiger partial charge on any atom is -0.403 e. The maximum atomic E-state index is 10.5. The molecule has 0 spiro atoms. The van der Waals surface area contributed by atoms with Crippen molar-refractivity contribution in [3.05, 3.63) is 12.0 Å². The van der Waals surface area contributed by atoms with Crippen LogP contribution in [0.1, 0.15) is 13.8 Å². The van der Waals surface area contributed by atoms with E-state index in [9.17, 15) is 4.79 Å². The van der Waals surface area contributed by atoms with E-state index in [4.69, 9.17) is 0 Å². The summed E-state index contributed by atoms with van der Waals surface area (Å²) in [6.45, 7) is 3.39. The number of hydrogen-bond acceptors (Lipinski definition) is 3. The van der Waals surface area contributed by atoms with Crippen LogP contribution < -0.4 is 0 Å². The van der Waals surface area contributed by atoms with Crippen LogP contribution in [0, 0.1) is 0 Å². The van der Waals surface area contributed by atoms with Gasteiger partial charge in [-0.2, -0.15) is 0 Å². The van der Waals surface area contributed by atoms with Crippen LogP contribution in [0.2, 0.25) is 0 Å². The third-order valence-corrected chi connectivity index (χ3v) is 1.02. The zero-order valence-corrected chi connectivity index (χ0v) is 5.34. The van der Waals surface area contributed by atoms with Gasteiger partial charge in [0.2, 0.25) is 5.88 Å². The molecule has 0 bridgehead atoms. The molecule has 0 saturated heterocycles. The van der Waals surface area contributed by atoms with Gasteiger partial charge < -0.3 is 4.74 Å². The van der Waals surface area contributed by atoms with Gasteiger partial charge in [0, 0.05) is 0 Å². The highest BCUT2D eigenvalue weighted by molar-refractivity contribution is 6.37. The maximum Gasteiger partial charge on any atom is 0.359 e. The summed E-state index contributed by atoms with van der Waals surface area (Å²) >= 11 is 0. The second-order valence-electron chi connectivity index (χ2n) is 1.71. The van der Waals surface area contributed by atoms with Crippen LogP contribution >= 0.6 is 0 Å². The quantitative estimate of drug-likeness (QED) is 0.450. The smallest absolute Gasteiger partial charge is 0.359 e. The molecule has 0 atom stereocenters. The van der Waals surface area contributed by atoms with E-state index in [-0.39, 0.29) is 5.97 Å². The topological polar surface area (TPSA) is 38.7 Å². The van der Waals surface area contributed by atoms with Crippen molar-refractivity contribution in [1.29, 1.82) is 0 Å². The zero-order chi connectivity index (χ0) is 6.85. The number of carbonyl (C=O) groups is 1. The summed E-state index contributed by atoms with van der Waals surface area (Å²) in [5, 5.41) is 0. The average molecular weight is 125 g/mol. The standard InChI is InChI=1S/C6H7NO2/c1-3-5-7-4(2)6(8)9-5/h3H,1-2H3/b5-3+. The number of nitrogens with zero attached hydrogens (tertiary/aromatic N) is 1.